The van der Waals surface area contributed by atoms with E-state index in [1.165, 1.54) is 37.8 Å². The van der Waals surface area contributed by atoms with E-state index >= 15 is 0 Å². The number of carbonyl (C=O) groups is 2. The van der Waals surface area contributed by atoms with E-state index in [0.29, 0.717) is 49.1 Å². The molecule has 87 heavy (non-hydrogen) atoms. The summed E-state index contributed by atoms with van der Waals surface area (Å²) in [5, 5.41) is 16.4. The van der Waals surface area contributed by atoms with Crippen LogP contribution in [0, 0.1) is 34.0 Å². The lowest BCUT2D eigenvalue weighted by atomic mass is 9.68. The van der Waals surface area contributed by atoms with Crippen molar-refractivity contribution in [2.75, 3.05) is 95.1 Å². The van der Waals surface area contributed by atoms with Gasteiger partial charge in [-0.2, -0.15) is 0 Å². The fraction of sp³-hybridized carbons (Fsp3) is 0.683. The summed E-state index contributed by atoms with van der Waals surface area (Å²) < 4.78 is 23.7. The Labute approximate surface area is 524 Å². The molecule has 0 bridgehead atoms. The van der Waals surface area contributed by atoms with Crippen LogP contribution in [0.5, 0.6) is 0 Å². The number of rotatable bonds is 17. The van der Waals surface area contributed by atoms with E-state index in [2.05, 4.69) is 164 Å². The van der Waals surface area contributed by atoms with E-state index in [4.69, 9.17) is 25.8 Å². The highest BCUT2D eigenvalue weighted by Crippen LogP contribution is 2.43. The van der Waals surface area contributed by atoms with Gasteiger partial charge in [0.15, 0.2) is 0 Å². The molecule has 2 amide bonds. The average Bonchev–Trinajstić information content (AvgIpc) is 2.00. The van der Waals surface area contributed by atoms with Gasteiger partial charge in [0.1, 0.15) is 72.9 Å². The van der Waals surface area contributed by atoms with E-state index in [9.17, 15) is 9.59 Å². The van der Waals surface area contributed by atoms with Crippen molar-refractivity contribution in [2.24, 2.45) is 34.0 Å². The molecule has 0 saturated carbocycles. The Hall–Kier alpha value is -4.86. The molecular formula is C63H102ClN15O5Si3. The number of ether oxygens (including phenoxy) is 3. The molecule has 12 rings (SSSR count). The van der Waals surface area contributed by atoms with Gasteiger partial charge in [0.25, 0.3) is 0 Å². The maximum atomic E-state index is 12.6. The first-order chi connectivity index (χ1) is 41.3. The van der Waals surface area contributed by atoms with Crippen LogP contribution in [0.4, 0.5) is 11.6 Å². The van der Waals surface area contributed by atoms with Gasteiger partial charge in [0, 0.05) is 120 Å². The number of hydrogen-bond acceptors (Lipinski definition) is 15. The number of halogens is 1. The van der Waals surface area contributed by atoms with Gasteiger partial charge in [-0.15, -0.1) is 0 Å². The maximum absolute atomic E-state index is 12.6. The fourth-order valence-corrected chi connectivity index (χ4v) is 15.8. The lowest BCUT2D eigenvalue weighted by Crippen LogP contribution is -2.59. The number of carbonyl (C=O) groups excluding carboxylic acids is 2. The Balaban J connectivity index is 0.000000145. The van der Waals surface area contributed by atoms with Crippen molar-refractivity contribution in [1.29, 1.82) is 0 Å². The van der Waals surface area contributed by atoms with Gasteiger partial charge in [-0.1, -0.05) is 77.4 Å². The topological polar surface area (TPSA) is 209 Å². The van der Waals surface area contributed by atoms with Crippen molar-refractivity contribution in [2.45, 2.75) is 157 Å². The number of piperidine rings is 6. The second-order valence-electron chi connectivity index (χ2n) is 29.7. The van der Waals surface area contributed by atoms with Crippen molar-refractivity contribution in [3.8, 4) is 0 Å². The number of aromatic nitrogens is 9. The summed E-state index contributed by atoms with van der Waals surface area (Å²) >= 11 is 5.99. The SMILES string of the molecule is CC12CN(c3ncnc4c3ccn4COCC[Si](C)(C)C)CCC1CCNC2=O.CC12CNCCC1CCN(c1ncnc3c1ccn3COCC[Si](C)(C)C)C2.CC12CNCCC1CCNC2=O.C[Si](C)(C)CCOCn1ccc2c(Cl)ncnc21. The van der Waals surface area contributed by atoms with Crippen molar-refractivity contribution < 1.29 is 23.8 Å². The Morgan fingerprint density at radius 3 is 1.40 bits per heavy atom. The zero-order valence-electron chi connectivity index (χ0n) is 54.4. The zero-order valence-corrected chi connectivity index (χ0v) is 58.2. The Kier molecular flexibility index (Phi) is 21.8. The van der Waals surface area contributed by atoms with Gasteiger partial charge < -0.3 is 59.0 Å². The third-order valence-corrected chi connectivity index (χ3v) is 24.6. The van der Waals surface area contributed by atoms with Crippen LogP contribution in [-0.4, -0.2) is 165 Å². The third kappa shape index (κ3) is 16.8. The monoisotopic (exact) mass is 1270 g/mol. The van der Waals surface area contributed by atoms with Crippen LogP contribution in [0.25, 0.3) is 33.1 Å². The quantitative estimate of drug-likeness (QED) is 0.0381. The highest BCUT2D eigenvalue weighted by Gasteiger charge is 2.48. The fourth-order valence-electron chi connectivity index (χ4n) is 13.3. The molecule has 0 spiro atoms. The van der Waals surface area contributed by atoms with Gasteiger partial charge >= 0.3 is 0 Å². The highest BCUT2D eigenvalue weighted by molar-refractivity contribution is 6.76. The molecule has 6 atom stereocenters. The van der Waals surface area contributed by atoms with E-state index < -0.39 is 24.2 Å². The minimum Gasteiger partial charge on any atom is -0.361 e. The van der Waals surface area contributed by atoms with Crippen molar-refractivity contribution in [3.05, 3.63) is 60.9 Å². The predicted molar refractivity (Wildman–Crippen MR) is 359 cm³/mol. The minimum absolute atomic E-state index is 0.128. The number of anilines is 2. The molecule has 0 aromatic carbocycles. The largest absolute Gasteiger partial charge is 0.361 e. The molecule has 6 saturated heterocycles. The molecule has 6 aromatic rings. The van der Waals surface area contributed by atoms with Crippen LogP contribution in [0.1, 0.15) is 59.3 Å². The van der Waals surface area contributed by atoms with Gasteiger partial charge in [-0.3, -0.25) is 9.59 Å². The lowest BCUT2D eigenvalue weighted by Gasteiger charge is -2.49. The van der Waals surface area contributed by atoms with Crippen LogP contribution in [0.15, 0.2) is 55.8 Å². The first-order valence-corrected chi connectivity index (χ1v) is 43.6. The summed E-state index contributed by atoms with van der Waals surface area (Å²) in [6.07, 6.45) is 17.8. The van der Waals surface area contributed by atoms with Crippen LogP contribution in [0.3, 0.4) is 0 Å². The molecular weight excluding hydrogens is 1170 g/mol. The van der Waals surface area contributed by atoms with Gasteiger partial charge in [-0.25, -0.2) is 29.9 Å². The molecule has 478 valence electrons. The van der Waals surface area contributed by atoms with E-state index in [-0.39, 0.29) is 22.6 Å². The lowest BCUT2D eigenvalue weighted by molar-refractivity contribution is -0.137. The van der Waals surface area contributed by atoms with Crippen LogP contribution in [0.2, 0.25) is 82.2 Å². The van der Waals surface area contributed by atoms with Crippen LogP contribution in [-0.2, 0) is 44.0 Å². The van der Waals surface area contributed by atoms with E-state index in [1.807, 2.05) is 27.6 Å². The Morgan fingerprint density at radius 2 is 0.908 bits per heavy atom. The van der Waals surface area contributed by atoms with Crippen LogP contribution < -0.4 is 31.1 Å². The molecule has 12 heterocycles. The van der Waals surface area contributed by atoms with Crippen molar-refractivity contribution in [3.63, 3.8) is 0 Å². The molecule has 6 aliphatic rings. The summed E-state index contributed by atoms with van der Waals surface area (Å²) in [5.41, 5.74) is 2.54. The van der Waals surface area contributed by atoms with Gasteiger partial charge in [0.05, 0.1) is 27.0 Å². The molecule has 6 fully saturated rings. The van der Waals surface area contributed by atoms with E-state index in [0.717, 1.165) is 155 Å². The molecule has 6 unspecified atom stereocenters. The van der Waals surface area contributed by atoms with Crippen molar-refractivity contribution in [1.82, 2.24) is 64.9 Å². The summed E-state index contributed by atoms with van der Waals surface area (Å²) in [6.45, 7) is 41.5. The molecule has 6 aliphatic heterocycles. The summed E-state index contributed by atoms with van der Waals surface area (Å²) in [4.78, 5) is 55.5. The summed E-state index contributed by atoms with van der Waals surface area (Å²) in [5.74, 6) is 4.31. The van der Waals surface area contributed by atoms with Gasteiger partial charge in [0.2, 0.25) is 11.8 Å². The number of amides is 2. The summed E-state index contributed by atoms with van der Waals surface area (Å²) in [7, 11) is -3.17. The first-order valence-electron chi connectivity index (χ1n) is 32.1. The smallest absolute Gasteiger partial charge is 0.228 e. The number of nitrogens with one attached hydrogen (secondary N) is 4. The van der Waals surface area contributed by atoms with E-state index in [1.54, 1.807) is 12.7 Å². The summed E-state index contributed by atoms with van der Waals surface area (Å²) in [6, 6.07) is 9.65. The molecule has 24 heteroatoms. The molecule has 4 N–H and O–H groups in total. The average molecular weight is 1270 g/mol. The normalized spacial score (nSPS) is 25.0. The number of nitrogens with zero attached hydrogens (tertiary/aromatic N) is 11. The molecule has 6 aromatic heterocycles. The van der Waals surface area contributed by atoms with Gasteiger partial charge in [-0.05, 0) is 120 Å². The Morgan fingerprint density at radius 1 is 0.506 bits per heavy atom. The maximum Gasteiger partial charge on any atom is 0.228 e. The standard InChI is InChI=1S/C21H33N5O2Si.C21H35N5OSi.C12H18ClN3OSi.C9H16N2O/c1-21-13-25(9-6-16(21)5-8-22-20(21)27)18-17-7-10-26(19(17)24-14-23-18)15-28-11-12-29(2,3)4;1-21-13-22-8-5-17(21)6-9-25(14-21)19-18-7-10-26(20(18)24-15-23-19)16-27-11-12-28(2,3)4;1-18(2,3)7-6-17-9-16-5-4-10-11(13)14-8-15-12(10)16;1-9-6-10-4-2-7(9)3-5-11-8(9)12/h7,10,14,16H,5-6,8-9,11-13,15H2,1-4H3,(H,22,27);7,10,15,17,22H,5-6,8-9,11-14,16H2,1-4H3;4-5,8H,6-7,9H2,1-3H3;7,10H,2-6H2,1H3,(H,11,12). The minimum atomic E-state index is -1.09. The molecule has 20 nitrogen and oxygen atoms in total. The Bertz CT molecular complexity index is 3250. The second kappa shape index (κ2) is 28.5. The number of fused-ring (bicyclic) bond motifs is 6. The molecule has 0 aliphatic carbocycles. The first kappa shape index (κ1) is 66.6. The zero-order chi connectivity index (χ0) is 62.2. The number of hydrogen-bond donors (Lipinski definition) is 4. The highest BCUT2D eigenvalue weighted by atomic mass is 35.5. The second-order valence-corrected chi connectivity index (χ2v) is 46.9. The van der Waals surface area contributed by atoms with Crippen molar-refractivity contribution >= 4 is 92.4 Å². The molecule has 0 radical (unpaired) electrons. The predicted octanol–water partition coefficient (Wildman–Crippen LogP) is 10.2. The van der Waals surface area contributed by atoms with Crippen LogP contribution >= 0.6 is 11.6 Å². The third-order valence-electron chi connectivity index (χ3n) is 19.2.